The van der Waals surface area contributed by atoms with Gasteiger partial charge in [-0.1, -0.05) is 35.3 Å². The molecule has 0 amide bonds. The number of hydrogen-bond acceptors (Lipinski definition) is 4. The number of rotatable bonds is 4. The minimum Gasteiger partial charge on any atom is -0.455 e. The van der Waals surface area contributed by atoms with Crippen LogP contribution < -0.4 is 5.43 Å². The van der Waals surface area contributed by atoms with E-state index in [1.165, 1.54) is 0 Å². The van der Waals surface area contributed by atoms with Crippen molar-refractivity contribution in [2.75, 3.05) is 5.43 Å². The number of H-pyrrole nitrogens is 1. The van der Waals surface area contributed by atoms with Gasteiger partial charge in [0, 0.05) is 10.6 Å². The summed E-state index contributed by atoms with van der Waals surface area (Å²) in [6, 6.07) is 16.7. The maximum absolute atomic E-state index is 6.19. The fourth-order valence-corrected chi connectivity index (χ4v) is 2.92. The number of nitrogens with zero attached hydrogens (tertiary/aromatic N) is 2. The molecule has 5 nitrogen and oxygen atoms in total. The summed E-state index contributed by atoms with van der Waals surface area (Å²) in [5.41, 5.74) is 5.44. The third-order valence-electron chi connectivity index (χ3n) is 3.57. The molecule has 2 aromatic carbocycles. The Morgan fingerprint density at radius 2 is 1.96 bits per heavy atom. The molecule has 4 rings (SSSR count). The van der Waals surface area contributed by atoms with Crippen LogP contribution in [0.5, 0.6) is 0 Å². The molecule has 0 fully saturated rings. The lowest BCUT2D eigenvalue weighted by Gasteiger charge is -2.00. The summed E-state index contributed by atoms with van der Waals surface area (Å²) in [6.07, 6.45) is 1.57. The number of aromatic nitrogens is 2. The van der Waals surface area contributed by atoms with Gasteiger partial charge in [0.25, 0.3) is 0 Å². The van der Waals surface area contributed by atoms with Gasteiger partial charge in [0.15, 0.2) is 0 Å². The zero-order chi connectivity index (χ0) is 17.2. The average molecular weight is 371 g/mol. The van der Waals surface area contributed by atoms with Crippen LogP contribution in [0.3, 0.4) is 0 Å². The molecule has 2 heterocycles. The molecular weight excluding hydrogens is 359 g/mol. The summed E-state index contributed by atoms with van der Waals surface area (Å²) < 4.78 is 5.74. The van der Waals surface area contributed by atoms with Gasteiger partial charge in [0.1, 0.15) is 11.5 Å². The van der Waals surface area contributed by atoms with Crippen molar-refractivity contribution in [1.29, 1.82) is 0 Å². The van der Waals surface area contributed by atoms with Crippen molar-refractivity contribution in [3.05, 3.63) is 70.4 Å². The van der Waals surface area contributed by atoms with Crippen LogP contribution in [0.25, 0.3) is 22.4 Å². The molecule has 25 heavy (non-hydrogen) atoms. The number of benzene rings is 2. The second-order valence-electron chi connectivity index (χ2n) is 5.30. The number of nitrogens with one attached hydrogen (secondary N) is 2. The third kappa shape index (κ3) is 3.38. The highest BCUT2D eigenvalue weighted by Gasteiger charge is 2.08. The first-order valence-electron chi connectivity index (χ1n) is 7.48. The minimum atomic E-state index is 0.533. The number of imidazole rings is 1. The van der Waals surface area contributed by atoms with Crippen molar-refractivity contribution in [3.63, 3.8) is 0 Å². The van der Waals surface area contributed by atoms with E-state index in [4.69, 9.17) is 27.6 Å². The molecule has 0 radical (unpaired) electrons. The molecule has 0 aliphatic heterocycles. The van der Waals surface area contributed by atoms with E-state index in [2.05, 4.69) is 20.5 Å². The predicted molar refractivity (Wildman–Crippen MR) is 101 cm³/mol. The lowest BCUT2D eigenvalue weighted by Crippen LogP contribution is -1.91. The number of hydrogen-bond donors (Lipinski definition) is 2. The van der Waals surface area contributed by atoms with E-state index in [9.17, 15) is 0 Å². The number of halogens is 2. The molecule has 0 saturated carbocycles. The maximum atomic E-state index is 6.19. The van der Waals surface area contributed by atoms with Gasteiger partial charge in [-0.3, -0.25) is 0 Å². The van der Waals surface area contributed by atoms with Crippen LogP contribution in [0.4, 0.5) is 5.95 Å². The molecule has 0 atom stereocenters. The Morgan fingerprint density at radius 3 is 2.80 bits per heavy atom. The summed E-state index contributed by atoms with van der Waals surface area (Å²) >= 11 is 12.1. The Balaban J connectivity index is 1.49. The molecule has 0 aliphatic rings. The highest BCUT2D eigenvalue weighted by molar-refractivity contribution is 6.36. The van der Waals surface area contributed by atoms with E-state index in [1.807, 2.05) is 42.5 Å². The molecular formula is C18H12Cl2N4O. The van der Waals surface area contributed by atoms with Gasteiger partial charge < -0.3 is 9.40 Å². The topological polar surface area (TPSA) is 66.2 Å². The van der Waals surface area contributed by atoms with Crippen LogP contribution >= 0.6 is 23.2 Å². The highest BCUT2D eigenvalue weighted by Crippen LogP contribution is 2.31. The smallest absolute Gasteiger partial charge is 0.222 e. The lowest BCUT2D eigenvalue weighted by molar-refractivity contribution is 0.575. The first-order chi connectivity index (χ1) is 12.2. The van der Waals surface area contributed by atoms with Gasteiger partial charge in [0.05, 0.1) is 22.3 Å². The fraction of sp³-hybridized carbons (Fsp3) is 0. The highest BCUT2D eigenvalue weighted by atomic mass is 35.5. The SMILES string of the molecule is Clc1ccc(-c2ccc(C=NNc3nc4ccccc4[nH]3)o2)c(Cl)c1. The van der Waals surface area contributed by atoms with E-state index < -0.39 is 0 Å². The quantitative estimate of drug-likeness (QED) is 0.364. The first-order valence-corrected chi connectivity index (χ1v) is 8.24. The Hall–Kier alpha value is -2.76. The van der Waals surface area contributed by atoms with E-state index in [-0.39, 0.29) is 0 Å². The third-order valence-corrected chi connectivity index (χ3v) is 4.12. The number of anilines is 1. The predicted octanol–water partition coefficient (Wildman–Crippen LogP) is 5.58. The van der Waals surface area contributed by atoms with Crippen LogP contribution in [0.15, 0.2) is 64.1 Å². The van der Waals surface area contributed by atoms with Gasteiger partial charge in [0.2, 0.25) is 5.95 Å². The monoisotopic (exact) mass is 370 g/mol. The molecule has 2 N–H and O–H groups in total. The van der Waals surface area contributed by atoms with E-state index in [1.54, 1.807) is 18.3 Å². The van der Waals surface area contributed by atoms with Gasteiger partial charge >= 0.3 is 0 Å². The number of hydrazone groups is 1. The lowest BCUT2D eigenvalue weighted by atomic mass is 10.2. The second-order valence-corrected chi connectivity index (χ2v) is 6.14. The van der Waals surface area contributed by atoms with Crippen molar-refractivity contribution in [1.82, 2.24) is 9.97 Å². The maximum Gasteiger partial charge on any atom is 0.222 e. The fourth-order valence-electron chi connectivity index (χ4n) is 2.42. The van der Waals surface area contributed by atoms with Crippen LogP contribution in [-0.2, 0) is 0 Å². The van der Waals surface area contributed by atoms with Gasteiger partial charge in [-0.05, 0) is 42.5 Å². The minimum absolute atomic E-state index is 0.533. The summed E-state index contributed by atoms with van der Waals surface area (Å²) in [7, 11) is 0. The zero-order valence-corrected chi connectivity index (χ0v) is 14.3. The molecule has 124 valence electrons. The van der Waals surface area contributed by atoms with Crippen molar-refractivity contribution in [2.24, 2.45) is 5.10 Å². The summed E-state index contributed by atoms with van der Waals surface area (Å²) in [4.78, 5) is 7.50. The molecule has 0 bridgehead atoms. The van der Waals surface area contributed by atoms with Crippen LogP contribution in [-0.4, -0.2) is 16.2 Å². The van der Waals surface area contributed by atoms with Crippen molar-refractivity contribution < 1.29 is 4.42 Å². The van der Waals surface area contributed by atoms with Crippen LogP contribution in [0, 0.1) is 0 Å². The molecule has 2 aromatic heterocycles. The van der Waals surface area contributed by atoms with Crippen molar-refractivity contribution in [2.45, 2.75) is 0 Å². The van der Waals surface area contributed by atoms with E-state index in [0.717, 1.165) is 16.6 Å². The molecule has 0 spiro atoms. The van der Waals surface area contributed by atoms with E-state index in [0.29, 0.717) is 27.5 Å². The average Bonchev–Trinajstić information content (AvgIpc) is 3.21. The standard InChI is InChI=1S/C18H12Cl2N4O/c19-11-5-7-13(14(20)9-11)17-8-6-12(25-17)10-21-24-18-22-15-3-1-2-4-16(15)23-18/h1-10H,(H2,22,23,24). The largest absolute Gasteiger partial charge is 0.455 e. The summed E-state index contributed by atoms with van der Waals surface area (Å²) in [6.45, 7) is 0. The molecule has 0 saturated heterocycles. The number of fused-ring (bicyclic) bond motifs is 1. The number of para-hydroxylation sites is 2. The molecule has 7 heteroatoms. The molecule has 0 aliphatic carbocycles. The van der Waals surface area contributed by atoms with Crippen LogP contribution in [0.2, 0.25) is 10.0 Å². The number of aromatic amines is 1. The van der Waals surface area contributed by atoms with Gasteiger partial charge in [-0.25, -0.2) is 10.4 Å². The normalized spacial score (nSPS) is 11.4. The van der Waals surface area contributed by atoms with Gasteiger partial charge in [-0.15, -0.1) is 0 Å². The first kappa shape index (κ1) is 15.7. The Morgan fingerprint density at radius 1 is 1.08 bits per heavy atom. The second kappa shape index (κ2) is 6.63. The number of furan rings is 1. The summed E-state index contributed by atoms with van der Waals surface area (Å²) in [5, 5.41) is 5.25. The Bertz CT molecular complexity index is 1030. The Labute approximate surface area is 153 Å². The van der Waals surface area contributed by atoms with Crippen molar-refractivity contribution in [3.8, 4) is 11.3 Å². The van der Waals surface area contributed by atoms with Gasteiger partial charge in [-0.2, -0.15) is 5.10 Å². The molecule has 4 aromatic rings. The molecule has 0 unspecified atom stereocenters. The van der Waals surface area contributed by atoms with Crippen molar-refractivity contribution >= 4 is 46.4 Å². The Kier molecular flexibility index (Phi) is 4.17. The zero-order valence-electron chi connectivity index (χ0n) is 12.8. The van der Waals surface area contributed by atoms with E-state index >= 15 is 0 Å². The summed E-state index contributed by atoms with van der Waals surface area (Å²) in [5.74, 6) is 1.79. The van der Waals surface area contributed by atoms with Crippen LogP contribution in [0.1, 0.15) is 5.76 Å².